The van der Waals surface area contributed by atoms with Crippen LogP contribution in [0.3, 0.4) is 0 Å². The molecule has 0 saturated carbocycles. The zero-order valence-electron chi connectivity index (χ0n) is 67.0. The van der Waals surface area contributed by atoms with E-state index in [-0.39, 0.29) is 18.1 Å². The number of carbonyl (C=O) groups is 6. The van der Waals surface area contributed by atoms with E-state index in [0.717, 1.165) is 147 Å². The highest BCUT2D eigenvalue weighted by Gasteiger charge is 2.42. The zero-order valence-corrected chi connectivity index (χ0v) is 67.0. The fraction of sp³-hybridized carbons (Fsp3) is 0.552. The van der Waals surface area contributed by atoms with E-state index in [1.54, 1.807) is 32.9 Å². The molecule has 111 heavy (non-hydrogen) atoms. The van der Waals surface area contributed by atoms with Gasteiger partial charge in [-0.05, 0) is 259 Å². The lowest BCUT2D eigenvalue weighted by atomic mass is 9.89. The van der Waals surface area contributed by atoms with Crippen LogP contribution in [0.2, 0.25) is 0 Å². The molecule has 9 fully saturated rings. The molecular formula is C87H120N18O6. The second-order valence-electron chi connectivity index (χ2n) is 33.9. The summed E-state index contributed by atoms with van der Waals surface area (Å²) in [6.07, 6.45) is 16.1. The van der Waals surface area contributed by atoms with E-state index >= 15 is 0 Å². The molecule has 9 aliphatic rings. The van der Waals surface area contributed by atoms with Gasteiger partial charge in [-0.1, -0.05) is 77.9 Å². The highest BCUT2D eigenvalue weighted by atomic mass is 16.2. The van der Waals surface area contributed by atoms with Crippen molar-refractivity contribution in [3.8, 4) is 0 Å². The van der Waals surface area contributed by atoms with Crippen molar-refractivity contribution in [3.63, 3.8) is 0 Å². The number of fused-ring (bicyclic) bond motifs is 3. The Bertz CT molecular complexity index is 3830. The number of hydrogen-bond acceptors (Lipinski definition) is 18. The number of hydrogen-bond donors (Lipinski definition) is 6. The third-order valence-electron chi connectivity index (χ3n) is 25.7. The molecule has 594 valence electrons. The number of nitrogens with two attached hydrogens (primary N) is 3. The first-order valence-corrected chi connectivity index (χ1v) is 41.2. The van der Waals surface area contributed by atoms with Crippen LogP contribution in [0.15, 0.2) is 110 Å². The number of nitrogens with zero attached hydrogens (tertiary/aromatic N) is 12. The van der Waals surface area contributed by atoms with Gasteiger partial charge in [0.15, 0.2) is 0 Å². The van der Waals surface area contributed by atoms with Crippen molar-refractivity contribution in [3.05, 3.63) is 143 Å². The van der Waals surface area contributed by atoms with Crippen molar-refractivity contribution in [2.45, 2.75) is 137 Å². The van der Waals surface area contributed by atoms with Crippen LogP contribution in [-0.2, 0) is 48.0 Å². The molecule has 9 saturated heterocycles. The number of amides is 6. The first-order chi connectivity index (χ1) is 53.5. The van der Waals surface area contributed by atoms with Gasteiger partial charge in [0, 0.05) is 95.6 Å². The molecule has 9 aliphatic heterocycles. The number of nitrogen functional groups attached to an aromatic ring is 3. The average molecular weight is 1510 g/mol. The SMILES string of the molecule is CCc1cc(NC(=O)C(=O)N2C[C@@H](C)CC[C@@H]2c2ccc(N3CC4CCN(C)CC4C3)cc2)cnc1N.CCc1cc(NC(=O)C(=O)N2C[C@@H](C)CC[C@@H]2c2ccc(N3C[C@H]4CCN(C)C[C@H]4C3)cc2)cnc1N.CCc1cc(NC(=O)C(=O)N2C[C@@H](C)CC[C@@H]2c2ccc(N3C[C@H]4CN(C)CC[C@H]4C3)cc2)cnc1N. The highest BCUT2D eigenvalue weighted by molar-refractivity contribution is 6.40. The zero-order chi connectivity index (χ0) is 78.3. The number of piperidine rings is 6. The van der Waals surface area contributed by atoms with Crippen molar-refractivity contribution in [1.29, 1.82) is 0 Å². The molecule has 6 aromatic rings. The number of rotatable bonds is 12. The van der Waals surface area contributed by atoms with Crippen LogP contribution >= 0.6 is 0 Å². The molecule has 0 radical (unpaired) electrons. The number of likely N-dealkylation sites (tertiary alicyclic amines) is 6. The molecule has 0 bridgehead atoms. The van der Waals surface area contributed by atoms with Crippen molar-refractivity contribution >= 4 is 87.0 Å². The fourth-order valence-electron chi connectivity index (χ4n) is 19.1. The first kappa shape index (κ1) is 79.7. The monoisotopic (exact) mass is 1510 g/mol. The maximum absolute atomic E-state index is 13.4. The summed E-state index contributed by atoms with van der Waals surface area (Å²) in [5.74, 6) is 3.59. The second-order valence-corrected chi connectivity index (χ2v) is 33.9. The normalized spacial score (nSPS) is 26.1. The Labute approximate surface area is 657 Å². The molecule has 6 amide bonds. The van der Waals surface area contributed by atoms with Gasteiger partial charge in [-0.3, -0.25) is 28.8 Å². The van der Waals surface area contributed by atoms with E-state index in [1.807, 2.05) is 20.8 Å². The van der Waals surface area contributed by atoms with E-state index in [4.69, 9.17) is 17.2 Å². The van der Waals surface area contributed by atoms with Crippen LogP contribution in [0.5, 0.6) is 0 Å². The van der Waals surface area contributed by atoms with E-state index in [1.165, 1.54) is 94.2 Å². The van der Waals surface area contributed by atoms with Gasteiger partial charge in [0.1, 0.15) is 17.5 Å². The lowest BCUT2D eigenvalue weighted by Gasteiger charge is -2.38. The van der Waals surface area contributed by atoms with E-state index < -0.39 is 35.4 Å². The van der Waals surface area contributed by atoms with Crippen molar-refractivity contribution in [1.82, 2.24) is 44.4 Å². The number of carbonyl (C=O) groups excluding carboxylic acids is 6. The van der Waals surface area contributed by atoms with Crippen LogP contribution < -0.4 is 47.9 Å². The maximum atomic E-state index is 13.4. The molecule has 3 aromatic carbocycles. The molecule has 12 heterocycles. The quantitative estimate of drug-likeness (QED) is 0.0621. The molecule has 12 atom stereocenters. The number of pyridine rings is 3. The van der Waals surface area contributed by atoms with Gasteiger partial charge in [-0.2, -0.15) is 0 Å². The Balaban J connectivity index is 0.000000146. The predicted octanol–water partition coefficient (Wildman–Crippen LogP) is 10.7. The largest absolute Gasteiger partial charge is 0.383 e. The lowest BCUT2D eigenvalue weighted by molar-refractivity contribution is -0.146. The number of anilines is 9. The molecule has 9 N–H and O–H groups in total. The van der Waals surface area contributed by atoms with Gasteiger partial charge in [-0.25, -0.2) is 15.0 Å². The lowest BCUT2D eigenvalue weighted by Crippen LogP contribution is -2.46. The highest BCUT2D eigenvalue weighted by Crippen LogP contribution is 2.42. The van der Waals surface area contributed by atoms with Gasteiger partial charge in [0.2, 0.25) is 0 Å². The number of aromatic nitrogens is 3. The summed E-state index contributed by atoms with van der Waals surface area (Å²) in [4.78, 5) is 112. The number of nitrogens with one attached hydrogen (secondary N) is 3. The van der Waals surface area contributed by atoms with Crippen LogP contribution in [0.4, 0.5) is 51.6 Å². The summed E-state index contributed by atoms with van der Waals surface area (Å²) in [6.45, 7) is 27.9. The molecule has 0 aliphatic carbocycles. The summed E-state index contributed by atoms with van der Waals surface area (Å²) >= 11 is 0. The Morgan fingerprint density at radius 3 is 0.856 bits per heavy atom. The molecule has 15 rings (SSSR count). The van der Waals surface area contributed by atoms with E-state index in [0.29, 0.717) is 91.2 Å². The summed E-state index contributed by atoms with van der Waals surface area (Å²) in [7, 11) is 6.67. The Morgan fingerprint density at radius 2 is 0.604 bits per heavy atom. The fourth-order valence-corrected chi connectivity index (χ4v) is 19.1. The molecule has 0 spiro atoms. The van der Waals surface area contributed by atoms with Crippen molar-refractivity contribution in [2.24, 2.45) is 53.3 Å². The minimum Gasteiger partial charge on any atom is -0.383 e. The summed E-state index contributed by atoms with van der Waals surface area (Å²) < 4.78 is 0. The topological polar surface area (TPSA) is 284 Å². The van der Waals surface area contributed by atoms with Gasteiger partial charge in [0.25, 0.3) is 0 Å². The Hall–Kier alpha value is -9.39. The standard InChI is InChI=1S/3C29H40N6O2/c3*1-4-20-13-24(14-31-27(20)30)32-28(36)29(37)35-15-19(2)5-10-26(35)21-6-8-25(9-7-21)34-17-22-11-12-33(3)16-23(22)18-34/h3*6-9,13-14,19,22-23,26H,4-5,10-12,15-18H2,1-3H3,(H2,30,31)(H,32,36)/t19-,22?,23?,26+;19-,22+,23-,26+;19-,22-,23+,26+/m000/s1. The maximum Gasteiger partial charge on any atom is 0.313 e. The molecule has 24 nitrogen and oxygen atoms in total. The van der Waals surface area contributed by atoms with Crippen molar-refractivity contribution < 1.29 is 28.8 Å². The predicted molar refractivity (Wildman–Crippen MR) is 442 cm³/mol. The first-order valence-electron chi connectivity index (χ1n) is 41.2. The molecule has 2 unspecified atom stereocenters. The van der Waals surface area contributed by atoms with E-state index in [2.05, 4.69) is 175 Å². The summed E-state index contributed by atoms with van der Waals surface area (Å²) in [5, 5.41) is 8.23. The third-order valence-corrected chi connectivity index (χ3v) is 25.7. The Kier molecular flexibility index (Phi) is 25.5. The second kappa shape index (κ2) is 35.5. The number of benzene rings is 3. The molecule has 24 heteroatoms. The Morgan fingerprint density at radius 1 is 0.351 bits per heavy atom. The van der Waals surface area contributed by atoms with Crippen LogP contribution in [0.25, 0.3) is 0 Å². The smallest absolute Gasteiger partial charge is 0.313 e. The van der Waals surface area contributed by atoms with Gasteiger partial charge < -0.3 is 77.3 Å². The van der Waals surface area contributed by atoms with Crippen LogP contribution in [0.1, 0.15) is 151 Å². The average Bonchev–Trinajstić information content (AvgIpc) is 1.69. The number of aryl methyl sites for hydroxylation is 3. The van der Waals surface area contributed by atoms with Crippen LogP contribution in [-0.4, -0.2) is 199 Å². The van der Waals surface area contributed by atoms with Gasteiger partial charge in [0.05, 0.1) is 53.8 Å². The minimum absolute atomic E-state index is 0.103. The van der Waals surface area contributed by atoms with Gasteiger partial charge >= 0.3 is 35.4 Å². The molecular weight excluding hydrogens is 1390 g/mol. The third kappa shape index (κ3) is 18.9. The van der Waals surface area contributed by atoms with Crippen LogP contribution in [0, 0.1) is 53.3 Å². The summed E-state index contributed by atoms with van der Waals surface area (Å²) in [5.41, 5.74) is 28.7. The minimum atomic E-state index is -0.631. The van der Waals surface area contributed by atoms with Crippen molar-refractivity contribution in [2.75, 3.05) is 167 Å². The summed E-state index contributed by atoms with van der Waals surface area (Å²) in [6, 6.07) is 31.2. The van der Waals surface area contributed by atoms with Gasteiger partial charge in [-0.15, -0.1) is 0 Å². The van der Waals surface area contributed by atoms with E-state index in [9.17, 15) is 28.8 Å². The molecule has 3 aromatic heterocycles.